The quantitative estimate of drug-likeness (QED) is 0.681. The second kappa shape index (κ2) is 9.07. The minimum absolute atomic E-state index is 0.119. The van der Waals surface area contributed by atoms with Gasteiger partial charge in [-0.3, -0.25) is 9.48 Å². The van der Waals surface area contributed by atoms with Gasteiger partial charge in [0.25, 0.3) is 5.91 Å². The van der Waals surface area contributed by atoms with E-state index in [9.17, 15) is 19.2 Å². The third-order valence-corrected chi connectivity index (χ3v) is 5.90. The van der Waals surface area contributed by atoms with Gasteiger partial charge in [-0.15, -0.1) is 0 Å². The monoisotopic (exact) mass is 456 g/mol. The molecule has 1 aromatic heterocycles. The Morgan fingerprint density at radius 3 is 2.73 bits per heavy atom. The number of halogens is 1. The molecule has 174 valence electrons. The van der Waals surface area contributed by atoms with Gasteiger partial charge in [-0.25, -0.2) is 9.18 Å². The molecule has 3 heterocycles. The summed E-state index contributed by atoms with van der Waals surface area (Å²) in [6, 6.07) is 7.32. The molecule has 0 spiro atoms. The van der Waals surface area contributed by atoms with Crippen LogP contribution < -0.4 is 11.1 Å². The standard InChI is InChI=1S/C22H25FN6O4/c1-22(11-32-12-22)13-33-21(31)28-7-6-14(8-24)18(10-28)29-9-17(19(25)30)20(27-29)26-16-4-2-15(23)3-5-16/h2-5,9,14,18H,6-7,10-13H2,1H3,(H2,25,30)(H,26,27)/t14-,18?/m0/s1. The first-order valence-corrected chi connectivity index (χ1v) is 10.6. The largest absolute Gasteiger partial charge is 0.449 e. The van der Waals surface area contributed by atoms with E-state index in [-0.39, 0.29) is 29.9 Å². The second-order valence-electron chi connectivity index (χ2n) is 8.76. The number of primary amides is 1. The van der Waals surface area contributed by atoms with Crippen molar-refractivity contribution in [3.63, 3.8) is 0 Å². The zero-order valence-corrected chi connectivity index (χ0v) is 18.2. The van der Waals surface area contributed by atoms with Crippen molar-refractivity contribution in [2.24, 2.45) is 17.1 Å². The van der Waals surface area contributed by atoms with Gasteiger partial charge in [-0.05, 0) is 30.7 Å². The summed E-state index contributed by atoms with van der Waals surface area (Å²) in [5, 5.41) is 17.1. The molecule has 1 aromatic carbocycles. The van der Waals surface area contributed by atoms with Crippen LogP contribution in [0.25, 0.3) is 0 Å². The topological polar surface area (TPSA) is 136 Å². The lowest BCUT2D eigenvalue weighted by Crippen LogP contribution is -2.48. The minimum atomic E-state index is -0.706. The lowest BCUT2D eigenvalue weighted by atomic mass is 9.90. The fourth-order valence-corrected chi connectivity index (χ4v) is 3.88. The number of aromatic nitrogens is 2. The Balaban J connectivity index is 1.52. The summed E-state index contributed by atoms with van der Waals surface area (Å²) in [6.07, 6.45) is 1.44. The van der Waals surface area contributed by atoms with Gasteiger partial charge in [0.1, 0.15) is 18.0 Å². The third kappa shape index (κ3) is 4.90. The molecule has 0 radical (unpaired) electrons. The van der Waals surface area contributed by atoms with E-state index in [0.29, 0.717) is 31.9 Å². The van der Waals surface area contributed by atoms with Crippen molar-refractivity contribution in [2.75, 3.05) is 38.2 Å². The van der Waals surface area contributed by atoms with Gasteiger partial charge in [-0.2, -0.15) is 10.4 Å². The molecule has 4 rings (SSSR count). The van der Waals surface area contributed by atoms with Gasteiger partial charge in [0.15, 0.2) is 5.82 Å². The summed E-state index contributed by atoms with van der Waals surface area (Å²) < 4.78 is 25.4. The maximum Gasteiger partial charge on any atom is 0.409 e. The summed E-state index contributed by atoms with van der Waals surface area (Å²) in [5.41, 5.74) is 5.99. The summed E-state index contributed by atoms with van der Waals surface area (Å²) in [4.78, 5) is 26.2. The molecular formula is C22H25FN6O4. The first-order chi connectivity index (χ1) is 15.8. The number of nitrogens with one attached hydrogen (secondary N) is 1. The van der Waals surface area contributed by atoms with Crippen molar-refractivity contribution in [3.8, 4) is 6.07 Å². The smallest absolute Gasteiger partial charge is 0.409 e. The van der Waals surface area contributed by atoms with Gasteiger partial charge >= 0.3 is 6.09 Å². The second-order valence-corrected chi connectivity index (χ2v) is 8.76. The number of likely N-dealkylation sites (tertiary alicyclic amines) is 1. The zero-order chi connectivity index (χ0) is 23.6. The van der Waals surface area contributed by atoms with Gasteiger partial charge < -0.3 is 25.4 Å². The first kappa shape index (κ1) is 22.5. The molecule has 2 aliphatic rings. The summed E-state index contributed by atoms with van der Waals surface area (Å²) >= 11 is 0. The Morgan fingerprint density at radius 1 is 1.39 bits per heavy atom. The SMILES string of the molecule is CC1(COC(=O)N2CC[C@@H](C#N)C(n3cc(C(N)=O)c(Nc4ccc(F)cc4)n3)C2)COC1. The van der Waals surface area contributed by atoms with E-state index in [1.165, 1.54) is 35.1 Å². The highest BCUT2D eigenvalue weighted by molar-refractivity contribution is 5.98. The summed E-state index contributed by atoms with van der Waals surface area (Å²) in [5.74, 6) is -1.34. The van der Waals surface area contributed by atoms with Crippen LogP contribution in [0.1, 0.15) is 29.7 Å². The van der Waals surface area contributed by atoms with Crippen LogP contribution in [0.5, 0.6) is 0 Å². The van der Waals surface area contributed by atoms with E-state index in [4.69, 9.17) is 15.2 Å². The lowest BCUT2D eigenvalue weighted by Gasteiger charge is -2.39. The van der Waals surface area contributed by atoms with Gasteiger partial charge in [-0.1, -0.05) is 6.92 Å². The molecule has 1 unspecified atom stereocenters. The number of amides is 2. The summed E-state index contributed by atoms with van der Waals surface area (Å²) in [7, 11) is 0. The summed E-state index contributed by atoms with van der Waals surface area (Å²) in [6.45, 7) is 3.91. The number of nitriles is 1. The maximum absolute atomic E-state index is 13.2. The predicted molar refractivity (Wildman–Crippen MR) is 115 cm³/mol. The van der Waals surface area contributed by atoms with E-state index in [1.807, 2.05) is 6.92 Å². The highest BCUT2D eigenvalue weighted by Gasteiger charge is 2.38. The first-order valence-electron chi connectivity index (χ1n) is 10.6. The predicted octanol–water partition coefficient (Wildman–Crippen LogP) is 2.42. The lowest BCUT2D eigenvalue weighted by molar-refractivity contribution is -0.128. The number of rotatable bonds is 6. The zero-order valence-electron chi connectivity index (χ0n) is 18.2. The van der Waals surface area contributed by atoms with Crippen LogP contribution in [-0.2, 0) is 9.47 Å². The van der Waals surface area contributed by atoms with Gasteiger partial charge in [0.2, 0.25) is 0 Å². The van der Waals surface area contributed by atoms with Crippen LogP contribution in [0.4, 0.5) is 20.7 Å². The van der Waals surface area contributed by atoms with Crippen LogP contribution in [0, 0.1) is 28.5 Å². The highest BCUT2D eigenvalue weighted by atomic mass is 19.1. The molecule has 2 aliphatic heterocycles. The number of piperidine rings is 1. The fraction of sp³-hybridized carbons (Fsp3) is 0.455. The van der Waals surface area contributed by atoms with Crippen LogP contribution in [0.15, 0.2) is 30.5 Å². The Labute approximate surface area is 190 Å². The molecule has 2 amide bonds. The number of carbonyl (C=O) groups excluding carboxylic acids is 2. The number of anilines is 2. The van der Waals surface area contributed by atoms with Crippen molar-refractivity contribution >= 4 is 23.5 Å². The number of ether oxygens (including phenoxy) is 2. The molecule has 2 aromatic rings. The molecule has 10 nitrogen and oxygen atoms in total. The van der Waals surface area contributed by atoms with Crippen molar-refractivity contribution in [3.05, 3.63) is 41.8 Å². The van der Waals surface area contributed by atoms with Crippen LogP contribution in [0.3, 0.4) is 0 Å². The van der Waals surface area contributed by atoms with Gasteiger partial charge in [0.05, 0.1) is 31.2 Å². The van der Waals surface area contributed by atoms with E-state index in [1.54, 1.807) is 4.90 Å². The molecular weight excluding hydrogens is 431 g/mol. The van der Waals surface area contributed by atoms with Crippen molar-refractivity contribution in [1.29, 1.82) is 5.26 Å². The van der Waals surface area contributed by atoms with E-state index in [2.05, 4.69) is 16.5 Å². The van der Waals surface area contributed by atoms with Crippen molar-refractivity contribution < 1.29 is 23.5 Å². The van der Waals surface area contributed by atoms with Crippen molar-refractivity contribution in [2.45, 2.75) is 19.4 Å². The highest BCUT2D eigenvalue weighted by Crippen LogP contribution is 2.31. The number of benzene rings is 1. The van der Waals surface area contributed by atoms with Gasteiger partial charge in [0, 0.05) is 30.4 Å². The minimum Gasteiger partial charge on any atom is -0.449 e. The normalized spacial score (nSPS) is 21.5. The molecule has 11 heteroatoms. The molecule has 0 bridgehead atoms. The number of nitrogens with zero attached hydrogens (tertiary/aromatic N) is 4. The molecule has 2 fully saturated rings. The van der Waals surface area contributed by atoms with Crippen LogP contribution in [0.2, 0.25) is 0 Å². The Kier molecular flexibility index (Phi) is 6.20. The number of carbonyl (C=O) groups is 2. The average molecular weight is 456 g/mol. The number of nitrogens with two attached hydrogens (primary N) is 1. The van der Waals surface area contributed by atoms with E-state index in [0.717, 1.165) is 0 Å². The molecule has 0 aliphatic carbocycles. The Morgan fingerprint density at radius 2 is 2.12 bits per heavy atom. The molecule has 2 saturated heterocycles. The van der Waals surface area contributed by atoms with Crippen LogP contribution >= 0.6 is 0 Å². The fourth-order valence-electron chi connectivity index (χ4n) is 3.88. The Hall–Kier alpha value is -3.65. The molecule has 2 atom stereocenters. The van der Waals surface area contributed by atoms with Crippen molar-refractivity contribution in [1.82, 2.24) is 14.7 Å². The number of hydrogen-bond donors (Lipinski definition) is 2. The number of hydrogen-bond acceptors (Lipinski definition) is 7. The third-order valence-electron chi connectivity index (χ3n) is 5.90. The maximum atomic E-state index is 13.2. The average Bonchev–Trinajstić information content (AvgIpc) is 3.21. The van der Waals surface area contributed by atoms with E-state index >= 15 is 0 Å². The molecule has 0 saturated carbocycles. The molecule has 3 N–H and O–H groups in total. The van der Waals surface area contributed by atoms with Crippen LogP contribution in [-0.4, -0.2) is 59.6 Å². The Bertz CT molecular complexity index is 1080. The van der Waals surface area contributed by atoms with E-state index < -0.39 is 29.8 Å². The molecule has 33 heavy (non-hydrogen) atoms.